The predicted molar refractivity (Wildman–Crippen MR) is 207 cm³/mol. The quantitative estimate of drug-likeness (QED) is 0.0221. The highest BCUT2D eigenvalue weighted by atomic mass is 16.5. The molecule has 0 saturated carbocycles. The smallest absolute Gasteiger partial charge is 0.328 e. The number of nitrogens with one attached hydrogen (secondary N) is 4. The Balaban J connectivity index is 4.71. The van der Waals surface area contributed by atoms with Crippen LogP contribution in [0.1, 0.15) is 156 Å². The number of carbonyl (C=O) groups excluding carboxylic acids is 7. The molecule has 4 amide bonds. The molecule has 0 aliphatic heterocycles. The number of esters is 3. The van der Waals surface area contributed by atoms with E-state index in [-0.39, 0.29) is 44.8 Å². The maximum atomic E-state index is 12.9. The molecule has 0 aliphatic carbocycles. The first-order valence-corrected chi connectivity index (χ1v) is 20.1. The number of hydrogen-bond acceptors (Lipinski definition) is 10. The van der Waals surface area contributed by atoms with Crippen LogP contribution in [0.5, 0.6) is 0 Å². The van der Waals surface area contributed by atoms with Crippen LogP contribution in [0.3, 0.4) is 0 Å². The first-order chi connectivity index (χ1) is 25.9. The van der Waals surface area contributed by atoms with Crippen LogP contribution < -0.4 is 21.3 Å². The van der Waals surface area contributed by atoms with Gasteiger partial charge in [0, 0.05) is 12.8 Å². The summed E-state index contributed by atoms with van der Waals surface area (Å²) in [6.45, 7) is 11.0. The van der Waals surface area contributed by atoms with Gasteiger partial charge in [-0.1, -0.05) is 109 Å². The van der Waals surface area contributed by atoms with Crippen molar-refractivity contribution in [2.75, 3.05) is 20.3 Å². The lowest BCUT2D eigenvalue weighted by molar-refractivity contribution is -0.148. The molecule has 0 rings (SSSR count). The molecule has 0 spiro atoms. The summed E-state index contributed by atoms with van der Waals surface area (Å²) in [5.74, 6) is -3.69. The summed E-state index contributed by atoms with van der Waals surface area (Å²) >= 11 is 0. The van der Waals surface area contributed by atoms with E-state index in [1.807, 2.05) is 0 Å². The number of rotatable bonds is 34. The number of carbonyl (C=O) groups is 7. The Kier molecular flexibility index (Phi) is 30.1. The Morgan fingerprint density at radius 3 is 1.54 bits per heavy atom. The normalized spacial score (nSPS) is 13.0. The lowest BCUT2D eigenvalue weighted by atomic mass is 10.00. The average Bonchev–Trinajstić information content (AvgIpc) is 3.14. The second kappa shape index (κ2) is 32.5. The standard InChI is InChI=1S/C40H70N4O10/c1-7-10-11-12-13-14-15-16-17-18-19-20-21-22-23-24-35(46)42-31(5)37(48)44-32(38(49)52-6)25-26-36(47)43-34(40(51)54-9-3)28-30(4)27-33(41-29-45)39(50)53-8-2/h29,31-34H,4,7-28H2,1-3,5-6H3,(H,41,45)(H,42,46)(H,43,47)(H,44,48)/t31-,32+,33?,34?/m0/s1. The van der Waals surface area contributed by atoms with Crippen molar-refractivity contribution in [2.24, 2.45) is 0 Å². The fraction of sp³-hybridized carbons (Fsp3) is 0.775. The number of amides is 4. The van der Waals surface area contributed by atoms with E-state index >= 15 is 0 Å². The van der Waals surface area contributed by atoms with Crippen molar-refractivity contribution in [3.8, 4) is 0 Å². The van der Waals surface area contributed by atoms with E-state index in [2.05, 4.69) is 34.8 Å². The molecule has 0 saturated heterocycles. The van der Waals surface area contributed by atoms with Gasteiger partial charge in [-0.3, -0.25) is 19.2 Å². The van der Waals surface area contributed by atoms with Crippen molar-refractivity contribution in [2.45, 2.75) is 180 Å². The SMILES string of the molecule is C=C(CC(NC=O)C(=O)OCC)CC(NC(=O)CC[C@@H](NC(=O)[C@H](C)NC(=O)CCCCCCCCCCCCCCCCC)C(=O)OC)C(=O)OCC. The topological polar surface area (TPSA) is 195 Å². The highest BCUT2D eigenvalue weighted by Crippen LogP contribution is 2.15. The van der Waals surface area contributed by atoms with Crippen molar-refractivity contribution in [1.29, 1.82) is 0 Å². The lowest BCUT2D eigenvalue weighted by Gasteiger charge is -2.22. The van der Waals surface area contributed by atoms with E-state index < -0.39 is 53.9 Å². The summed E-state index contributed by atoms with van der Waals surface area (Å²) in [6.07, 6.45) is 18.4. The van der Waals surface area contributed by atoms with Gasteiger partial charge in [-0.25, -0.2) is 14.4 Å². The van der Waals surface area contributed by atoms with Crippen molar-refractivity contribution >= 4 is 42.0 Å². The van der Waals surface area contributed by atoms with Crippen LogP contribution in [-0.4, -0.2) is 86.5 Å². The van der Waals surface area contributed by atoms with E-state index in [0.29, 0.717) is 18.4 Å². The molecule has 0 aromatic carbocycles. The second-order valence-electron chi connectivity index (χ2n) is 13.7. The predicted octanol–water partition coefficient (Wildman–Crippen LogP) is 5.25. The Bertz CT molecular complexity index is 1130. The molecule has 54 heavy (non-hydrogen) atoms. The maximum absolute atomic E-state index is 12.9. The van der Waals surface area contributed by atoms with Crippen LogP contribution in [0, 0.1) is 0 Å². The van der Waals surface area contributed by atoms with Crippen LogP contribution in [0.4, 0.5) is 0 Å². The molecule has 4 atom stereocenters. The van der Waals surface area contributed by atoms with Crippen molar-refractivity contribution < 1.29 is 47.8 Å². The largest absolute Gasteiger partial charge is 0.467 e. The first-order valence-electron chi connectivity index (χ1n) is 20.1. The van der Waals surface area contributed by atoms with Gasteiger partial charge in [0.1, 0.15) is 24.2 Å². The van der Waals surface area contributed by atoms with Gasteiger partial charge in [0.2, 0.25) is 24.1 Å². The molecule has 310 valence electrons. The molecule has 0 radical (unpaired) electrons. The van der Waals surface area contributed by atoms with Crippen molar-refractivity contribution in [3.63, 3.8) is 0 Å². The molecule has 2 unspecified atom stereocenters. The number of unbranched alkanes of at least 4 members (excludes halogenated alkanes) is 14. The van der Waals surface area contributed by atoms with Crippen molar-refractivity contribution in [3.05, 3.63) is 12.2 Å². The highest BCUT2D eigenvalue weighted by molar-refractivity contribution is 5.91. The summed E-state index contributed by atoms with van der Waals surface area (Å²) in [7, 11) is 1.15. The first kappa shape index (κ1) is 50.0. The molecule has 0 aliphatic rings. The van der Waals surface area contributed by atoms with Gasteiger partial charge >= 0.3 is 17.9 Å². The zero-order chi connectivity index (χ0) is 40.6. The second-order valence-corrected chi connectivity index (χ2v) is 13.7. The fourth-order valence-corrected chi connectivity index (χ4v) is 5.90. The van der Waals surface area contributed by atoms with Gasteiger partial charge in [0.25, 0.3) is 0 Å². The molecule has 4 N–H and O–H groups in total. The third kappa shape index (κ3) is 25.1. The third-order valence-corrected chi connectivity index (χ3v) is 8.97. The van der Waals surface area contributed by atoms with E-state index in [0.717, 1.165) is 32.8 Å². The number of methoxy groups -OCH3 is 1. The fourth-order valence-electron chi connectivity index (χ4n) is 5.90. The molecular formula is C40H70N4O10. The summed E-state index contributed by atoms with van der Waals surface area (Å²) in [4.78, 5) is 86.6. The molecule has 14 heteroatoms. The van der Waals surface area contributed by atoms with Gasteiger partial charge < -0.3 is 35.5 Å². The molecular weight excluding hydrogens is 696 g/mol. The average molecular weight is 767 g/mol. The monoisotopic (exact) mass is 767 g/mol. The van der Waals surface area contributed by atoms with Crippen LogP contribution in [0.25, 0.3) is 0 Å². The summed E-state index contributed by atoms with van der Waals surface area (Å²) in [5.41, 5.74) is 0.357. The molecule has 0 aromatic heterocycles. The number of ether oxygens (including phenoxy) is 3. The third-order valence-electron chi connectivity index (χ3n) is 8.97. The van der Waals surface area contributed by atoms with Crippen LogP contribution in [0.15, 0.2) is 12.2 Å². The molecule has 0 heterocycles. The van der Waals surface area contributed by atoms with Gasteiger partial charge in [-0.05, 0) is 46.5 Å². The van der Waals surface area contributed by atoms with Crippen LogP contribution in [0.2, 0.25) is 0 Å². The molecule has 0 fully saturated rings. The van der Waals surface area contributed by atoms with Gasteiger partial charge in [0.05, 0.1) is 20.3 Å². The maximum Gasteiger partial charge on any atom is 0.328 e. The Morgan fingerprint density at radius 2 is 1.06 bits per heavy atom. The lowest BCUT2D eigenvalue weighted by Crippen LogP contribution is -2.51. The van der Waals surface area contributed by atoms with E-state index in [9.17, 15) is 33.6 Å². The van der Waals surface area contributed by atoms with E-state index in [1.54, 1.807) is 13.8 Å². The van der Waals surface area contributed by atoms with Gasteiger partial charge in [0.15, 0.2) is 0 Å². The Morgan fingerprint density at radius 1 is 0.593 bits per heavy atom. The molecule has 0 bridgehead atoms. The number of hydrogen-bond donors (Lipinski definition) is 4. The highest BCUT2D eigenvalue weighted by Gasteiger charge is 2.29. The van der Waals surface area contributed by atoms with Crippen LogP contribution >= 0.6 is 0 Å². The van der Waals surface area contributed by atoms with Gasteiger partial charge in [-0.2, -0.15) is 0 Å². The Labute approximate surface area is 323 Å². The van der Waals surface area contributed by atoms with E-state index in [1.165, 1.54) is 77.6 Å². The molecule has 0 aromatic rings. The van der Waals surface area contributed by atoms with Crippen molar-refractivity contribution in [1.82, 2.24) is 21.3 Å². The minimum atomic E-state index is -1.20. The van der Waals surface area contributed by atoms with Crippen LogP contribution in [-0.2, 0) is 47.8 Å². The summed E-state index contributed by atoms with van der Waals surface area (Å²) in [6, 6.07) is -4.32. The Hall–Kier alpha value is -3.97. The summed E-state index contributed by atoms with van der Waals surface area (Å²) < 4.78 is 14.9. The van der Waals surface area contributed by atoms with Gasteiger partial charge in [-0.15, -0.1) is 0 Å². The zero-order valence-electron chi connectivity index (χ0n) is 33.7. The zero-order valence-corrected chi connectivity index (χ0v) is 33.7. The molecule has 14 nitrogen and oxygen atoms in total. The summed E-state index contributed by atoms with van der Waals surface area (Å²) in [5, 5.41) is 10.1. The minimum absolute atomic E-state index is 0.0421. The minimum Gasteiger partial charge on any atom is -0.467 e. The van der Waals surface area contributed by atoms with E-state index in [4.69, 9.17) is 14.2 Å².